The number of hydrogen-bond acceptors (Lipinski definition) is 3. The summed E-state index contributed by atoms with van der Waals surface area (Å²) in [5.41, 5.74) is 1.24. The van der Waals surface area contributed by atoms with Crippen LogP contribution in [0.2, 0.25) is 0 Å². The Bertz CT molecular complexity index is 597. The summed E-state index contributed by atoms with van der Waals surface area (Å²) in [7, 11) is 1.70. The van der Waals surface area contributed by atoms with Gasteiger partial charge in [0.2, 0.25) is 0 Å². The van der Waals surface area contributed by atoms with Crippen molar-refractivity contribution in [2.24, 2.45) is 0 Å². The molecule has 2 aromatic carbocycles. The molecule has 1 aliphatic rings. The lowest BCUT2D eigenvalue weighted by molar-refractivity contribution is -0.0399. The Morgan fingerprint density at radius 2 is 1.95 bits per heavy atom. The summed E-state index contributed by atoms with van der Waals surface area (Å²) in [5, 5.41) is 5.88. The molecule has 20 heavy (non-hydrogen) atoms. The van der Waals surface area contributed by atoms with Gasteiger partial charge in [-0.3, -0.25) is 0 Å². The molecular weight excluding hydrogens is 250 g/mol. The zero-order valence-corrected chi connectivity index (χ0v) is 12.1. The molecule has 2 unspecified atom stereocenters. The highest BCUT2D eigenvalue weighted by molar-refractivity contribution is 5.84. The van der Waals surface area contributed by atoms with Crippen molar-refractivity contribution < 1.29 is 9.47 Å². The SMILES string of the molecule is CCC1CNCC(c2ccc3cc(OC)ccc3c2)O1. The van der Waals surface area contributed by atoms with Gasteiger partial charge in [0.25, 0.3) is 0 Å². The Hall–Kier alpha value is -1.58. The first kappa shape index (κ1) is 13.4. The third kappa shape index (κ3) is 2.65. The van der Waals surface area contributed by atoms with Gasteiger partial charge in [0, 0.05) is 13.1 Å². The fourth-order valence-electron chi connectivity index (χ4n) is 2.71. The molecule has 1 aliphatic heterocycles. The van der Waals surface area contributed by atoms with Gasteiger partial charge in [-0.1, -0.05) is 25.1 Å². The molecule has 106 valence electrons. The summed E-state index contributed by atoms with van der Waals surface area (Å²) < 4.78 is 11.4. The van der Waals surface area contributed by atoms with Crippen LogP contribution in [0.4, 0.5) is 0 Å². The van der Waals surface area contributed by atoms with Crippen LogP contribution in [-0.2, 0) is 4.74 Å². The summed E-state index contributed by atoms with van der Waals surface area (Å²) >= 11 is 0. The first-order valence-corrected chi connectivity index (χ1v) is 7.24. The number of rotatable bonds is 3. The van der Waals surface area contributed by atoms with E-state index in [4.69, 9.17) is 9.47 Å². The van der Waals surface area contributed by atoms with Crippen LogP contribution in [0.25, 0.3) is 10.8 Å². The number of nitrogens with one attached hydrogen (secondary N) is 1. The monoisotopic (exact) mass is 271 g/mol. The van der Waals surface area contributed by atoms with Crippen molar-refractivity contribution in [3.63, 3.8) is 0 Å². The Morgan fingerprint density at radius 3 is 2.75 bits per heavy atom. The lowest BCUT2D eigenvalue weighted by Gasteiger charge is -2.30. The van der Waals surface area contributed by atoms with Gasteiger partial charge in [-0.2, -0.15) is 0 Å². The number of morpholine rings is 1. The number of fused-ring (bicyclic) bond motifs is 1. The third-order valence-corrected chi connectivity index (χ3v) is 3.96. The van der Waals surface area contributed by atoms with Crippen LogP contribution in [0.5, 0.6) is 5.75 Å². The average Bonchev–Trinajstić information content (AvgIpc) is 2.54. The van der Waals surface area contributed by atoms with Crippen molar-refractivity contribution in [1.82, 2.24) is 5.32 Å². The molecule has 1 N–H and O–H groups in total. The second kappa shape index (κ2) is 5.81. The average molecular weight is 271 g/mol. The molecule has 0 amide bonds. The van der Waals surface area contributed by atoms with E-state index in [9.17, 15) is 0 Å². The molecule has 2 atom stereocenters. The van der Waals surface area contributed by atoms with Crippen molar-refractivity contribution in [2.45, 2.75) is 25.6 Å². The standard InChI is InChI=1S/C17H21NO2/c1-3-15-10-18-11-17(20-15)14-5-4-13-9-16(19-2)7-6-12(13)8-14/h4-9,15,17-18H,3,10-11H2,1-2H3. The van der Waals surface area contributed by atoms with Crippen molar-refractivity contribution >= 4 is 10.8 Å². The Balaban J connectivity index is 1.88. The Kier molecular flexibility index (Phi) is 3.90. The van der Waals surface area contributed by atoms with E-state index in [1.807, 2.05) is 6.07 Å². The van der Waals surface area contributed by atoms with Crippen molar-refractivity contribution in [3.05, 3.63) is 42.0 Å². The molecule has 3 nitrogen and oxygen atoms in total. The first-order chi connectivity index (χ1) is 9.80. The second-order valence-corrected chi connectivity index (χ2v) is 5.29. The van der Waals surface area contributed by atoms with Crippen LogP contribution in [0.3, 0.4) is 0 Å². The van der Waals surface area contributed by atoms with Crippen LogP contribution in [0.1, 0.15) is 25.0 Å². The maximum Gasteiger partial charge on any atom is 0.119 e. The van der Waals surface area contributed by atoms with E-state index in [1.165, 1.54) is 16.3 Å². The number of benzene rings is 2. The van der Waals surface area contributed by atoms with Gasteiger partial charge in [0.15, 0.2) is 0 Å². The van der Waals surface area contributed by atoms with Crippen molar-refractivity contribution in [1.29, 1.82) is 0 Å². The summed E-state index contributed by atoms with van der Waals surface area (Å²) in [5.74, 6) is 0.895. The molecule has 0 spiro atoms. The molecule has 2 aromatic rings. The molecule has 0 bridgehead atoms. The quantitative estimate of drug-likeness (QED) is 0.929. The van der Waals surface area contributed by atoms with Crippen LogP contribution >= 0.6 is 0 Å². The molecular formula is C17H21NO2. The lowest BCUT2D eigenvalue weighted by atomic mass is 10.0. The van der Waals surface area contributed by atoms with Crippen LogP contribution in [-0.4, -0.2) is 26.3 Å². The minimum absolute atomic E-state index is 0.153. The minimum atomic E-state index is 0.153. The van der Waals surface area contributed by atoms with Gasteiger partial charge in [-0.15, -0.1) is 0 Å². The van der Waals surface area contributed by atoms with E-state index in [-0.39, 0.29) is 6.10 Å². The fraction of sp³-hybridized carbons (Fsp3) is 0.412. The molecule has 1 heterocycles. The predicted molar refractivity (Wildman–Crippen MR) is 81.3 cm³/mol. The zero-order chi connectivity index (χ0) is 13.9. The first-order valence-electron chi connectivity index (χ1n) is 7.24. The molecule has 0 saturated carbocycles. The van der Waals surface area contributed by atoms with Crippen molar-refractivity contribution in [2.75, 3.05) is 20.2 Å². The fourth-order valence-corrected chi connectivity index (χ4v) is 2.71. The maximum atomic E-state index is 6.13. The highest BCUT2D eigenvalue weighted by Gasteiger charge is 2.22. The summed E-state index contributed by atoms with van der Waals surface area (Å²) in [6, 6.07) is 12.7. The smallest absolute Gasteiger partial charge is 0.119 e. The van der Waals surface area contributed by atoms with Gasteiger partial charge in [0.05, 0.1) is 19.3 Å². The molecule has 0 radical (unpaired) electrons. The van der Waals surface area contributed by atoms with E-state index in [1.54, 1.807) is 7.11 Å². The lowest BCUT2D eigenvalue weighted by Crippen LogP contribution is -2.40. The van der Waals surface area contributed by atoms with Gasteiger partial charge in [-0.05, 0) is 41.0 Å². The molecule has 0 aromatic heterocycles. The maximum absolute atomic E-state index is 6.13. The molecule has 3 heteroatoms. The molecule has 3 rings (SSSR count). The number of methoxy groups -OCH3 is 1. The van der Waals surface area contributed by atoms with E-state index in [0.29, 0.717) is 6.10 Å². The molecule has 1 saturated heterocycles. The summed E-state index contributed by atoms with van der Waals surface area (Å²) in [6.07, 6.45) is 1.52. The summed E-state index contributed by atoms with van der Waals surface area (Å²) in [4.78, 5) is 0. The third-order valence-electron chi connectivity index (χ3n) is 3.96. The Morgan fingerprint density at radius 1 is 1.15 bits per heavy atom. The predicted octanol–water partition coefficient (Wildman–Crippen LogP) is 3.29. The highest BCUT2D eigenvalue weighted by Crippen LogP contribution is 2.27. The molecule has 0 aliphatic carbocycles. The van der Waals surface area contributed by atoms with Gasteiger partial charge < -0.3 is 14.8 Å². The van der Waals surface area contributed by atoms with Gasteiger partial charge >= 0.3 is 0 Å². The second-order valence-electron chi connectivity index (χ2n) is 5.29. The van der Waals surface area contributed by atoms with E-state index in [2.05, 4.69) is 42.6 Å². The van der Waals surface area contributed by atoms with Crippen molar-refractivity contribution in [3.8, 4) is 5.75 Å². The van der Waals surface area contributed by atoms with Crippen LogP contribution in [0, 0.1) is 0 Å². The topological polar surface area (TPSA) is 30.5 Å². The van der Waals surface area contributed by atoms with Gasteiger partial charge in [0.1, 0.15) is 5.75 Å². The van der Waals surface area contributed by atoms with Gasteiger partial charge in [-0.25, -0.2) is 0 Å². The molecule has 1 fully saturated rings. The van der Waals surface area contributed by atoms with Crippen LogP contribution in [0.15, 0.2) is 36.4 Å². The summed E-state index contributed by atoms with van der Waals surface area (Å²) in [6.45, 7) is 4.01. The zero-order valence-electron chi connectivity index (χ0n) is 12.1. The minimum Gasteiger partial charge on any atom is -0.497 e. The van der Waals surface area contributed by atoms with Crippen LogP contribution < -0.4 is 10.1 Å². The van der Waals surface area contributed by atoms with E-state index in [0.717, 1.165) is 25.3 Å². The number of ether oxygens (including phenoxy) is 2. The highest BCUT2D eigenvalue weighted by atomic mass is 16.5. The van der Waals surface area contributed by atoms with E-state index >= 15 is 0 Å². The Labute approximate surface area is 119 Å². The van der Waals surface area contributed by atoms with E-state index < -0.39 is 0 Å². The number of hydrogen-bond donors (Lipinski definition) is 1. The largest absolute Gasteiger partial charge is 0.497 e. The normalized spacial score (nSPS) is 22.9.